The Morgan fingerprint density at radius 3 is 2.88 bits per heavy atom. The molecule has 16 heavy (non-hydrogen) atoms. The van der Waals surface area contributed by atoms with Crippen molar-refractivity contribution in [1.82, 2.24) is 19.7 Å². The smallest absolute Gasteiger partial charge is 0.158 e. The fourth-order valence-electron chi connectivity index (χ4n) is 1.67. The third kappa shape index (κ3) is 2.25. The summed E-state index contributed by atoms with van der Waals surface area (Å²) >= 11 is 0. The lowest BCUT2D eigenvalue weighted by Gasteiger charge is -2.08. The molecule has 0 saturated carbocycles. The van der Waals surface area contributed by atoms with Gasteiger partial charge in [-0.05, 0) is 31.4 Å². The largest absolute Gasteiger partial charge is 0.328 e. The molecule has 0 amide bonds. The minimum absolute atomic E-state index is 0.151. The van der Waals surface area contributed by atoms with Crippen LogP contribution < -0.4 is 5.73 Å². The summed E-state index contributed by atoms with van der Waals surface area (Å²) in [4.78, 5) is 8.28. The van der Waals surface area contributed by atoms with Gasteiger partial charge < -0.3 is 5.73 Å². The number of hydrogen-bond acceptors (Lipinski definition) is 4. The molecule has 0 aromatic carbocycles. The fraction of sp³-hybridized carbons (Fsp3) is 0.364. The van der Waals surface area contributed by atoms with Crippen molar-refractivity contribution < 1.29 is 0 Å². The van der Waals surface area contributed by atoms with Crippen LogP contribution >= 0.6 is 0 Å². The van der Waals surface area contributed by atoms with Gasteiger partial charge in [-0.25, -0.2) is 14.6 Å². The summed E-state index contributed by atoms with van der Waals surface area (Å²) in [7, 11) is 0. The molecule has 0 aliphatic heterocycles. The zero-order valence-electron chi connectivity index (χ0n) is 9.46. The summed E-state index contributed by atoms with van der Waals surface area (Å²) in [6.07, 6.45) is 5.82. The molecule has 0 saturated heterocycles. The summed E-state index contributed by atoms with van der Waals surface area (Å²) < 4.78 is 1.66. The molecule has 0 bridgehead atoms. The van der Waals surface area contributed by atoms with E-state index in [0.717, 1.165) is 23.4 Å². The Bertz CT molecular complexity index is 461. The lowest BCUT2D eigenvalue weighted by molar-refractivity contribution is 0.732. The van der Waals surface area contributed by atoms with E-state index >= 15 is 0 Å². The van der Waals surface area contributed by atoms with E-state index in [2.05, 4.69) is 21.1 Å². The third-order valence-corrected chi connectivity index (χ3v) is 2.30. The third-order valence-electron chi connectivity index (χ3n) is 2.30. The molecule has 0 aliphatic rings. The first kappa shape index (κ1) is 10.8. The molecule has 5 heteroatoms. The average Bonchev–Trinajstić information content (AvgIpc) is 2.69. The van der Waals surface area contributed by atoms with Gasteiger partial charge in [-0.3, -0.25) is 0 Å². The van der Waals surface area contributed by atoms with Crippen LogP contribution in [0.3, 0.4) is 0 Å². The van der Waals surface area contributed by atoms with Gasteiger partial charge >= 0.3 is 0 Å². The number of nitrogens with zero attached hydrogens (tertiary/aromatic N) is 4. The number of pyridine rings is 1. The number of hydrogen-bond donors (Lipinski definition) is 1. The molecule has 2 N–H and O–H groups in total. The average molecular weight is 217 g/mol. The van der Waals surface area contributed by atoms with Gasteiger partial charge in [0.25, 0.3) is 0 Å². The fourth-order valence-corrected chi connectivity index (χ4v) is 1.67. The highest BCUT2D eigenvalue weighted by atomic mass is 15.3. The van der Waals surface area contributed by atoms with Gasteiger partial charge in [0.05, 0.1) is 0 Å². The highest BCUT2D eigenvalue weighted by Crippen LogP contribution is 2.12. The van der Waals surface area contributed by atoms with Gasteiger partial charge in [-0.1, -0.05) is 6.07 Å². The zero-order chi connectivity index (χ0) is 11.5. The van der Waals surface area contributed by atoms with E-state index in [1.54, 1.807) is 11.0 Å². The van der Waals surface area contributed by atoms with Crippen LogP contribution in [0.15, 0.2) is 24.9 Å². The van der Waals surface area contributed by atoms with Crippen LogP contribution in [0, 0.1) is 6.92 Å². The van der Waals surface area contributed by atoms with Crippen molar-refractivity contribution >= 4 is 0 Å². The number of aromatic nitrogens is 4. The lowest BCUT2D eigenvalue weighted by Crippen LogP contribution is -2.18. The standard InChI is InChI=1S/C11H15N5/c1-8-3-10(4-9(2)12)5-14-11(8)16-7-13-6-15-16/h3,5-7,9H,4,12H2,1-2H3. The Hall–Kier alpha value is -1.75. The van der Waals surface area contributed by atoms with E-state index < -0.39 is 0 Å². The van der Waals surface area contributed by atoms with Crippen molar-refractivity contribution in [2.45, 2.75) is 26.3 Å². The molecule has 2 rings (SSSR count). The van der Waals surface area contributed by atoms with Crippen LogP contribution in [0.4, 0.5) is 0 Å². The SMILES string of the molecule is Cc1cc(CC(C)N)cnc1-n1cncn1. The van der Waals surface area contributed by atoms with Gasteiger partial charge in [-0.2, -0.15) is 5.10 Å². The molecule has 0 spiro atoms. The molecule has 1 unspecified atom stereocenters. The predicted octanol–water partition coefficient (Wildman–Crippen LogP) is 0.860. The van der Waals surface area contributed by atoms with Crippen molar-refractivity contribution in [3.05, 3.63) is 36.0 Å². The Morgan fingerprint density at radius 1 is 1.50 bits per heavy atom. The maximum Gasteiger partial charge on any atom is 0.158 e. The van der Waals surface area contributed by atoms with Crippen molar-refractivity contribution in [2.24, 2.45) is 5.73 Å². The van der Waals surface area contributed by atoms with Gasteiger partial charge in [0.1, 0.15) is 12.7 Å². The summed E-state index contributed by atoms with van der Waals surface area (Å²) in [5.74, 6) is 0.811. The molecule has 0 fully saturated rings. The lowest BCUT2D eigenvalue weighted by atomic mass is 10.1. The zero-order valence-corrected chi connectivity index (χ0v) is 9.46. The van der Waals surface area contributed by atoms with Crippen LogP contribution in [0.25, 0.3) is 5.82 Å². The van der Waals surface area contributed by atoms with Gasteiger partial charge in [0.15, 0.2) is 5.82 Å². The van der Waals surface area contributed by atoms with Crippen LogP contribution in [0.5, 0.6) is 0 Å². The summed E-state index contributed by atoms with van der Waals surface area (Å²) in [6.45, 7) is 4.00. The first-order chi connectivity index (χ1) is 7.66. The topological polar surface area (TPSA) is 69.6 Å². The minimum Gasteiger partial charge on any atom is -0.328 e. The van der Waals surface area contributed by atoms with E-state index in [1.807, 2.05) is 20.0 Å². The maximum atomic E-state index is 5.75. The van der Waals surface area contributed by atoms with Crippen LogP contribution in [0.2, 0.25) is 0 Å². The molecule has 84 valence electrons. The first-order valence-corrected chi connectivity index (χ1v) is 5.23. The van der Waals surface area contributed by atoms with E-state index in [0.29, 0.717) is 0 Å². The van der Waals surface area contributed by atoms with Crippen LogP contribution in [-0.2, 0) is 6.42 Å². The Balaban J connectivity index is 2.30. The van der Waals surface area contributed by atoms with Crippen LogP contribution in [0.1, 0.15) is 18.1 Å². The summed E-state index contributed by atoms with van der Waals surface area (Å²) in [5, 5.41) is 4.06. The quantitative estimate of drug-likeness (QED) is 0.827. The predicted molar refractivity (Wildman–Crippen MR) is 61.2 cm³/mol. The number of nitrogens with two attached hydrogens (primary N) is 1. The maximum absolute atomic E-state index is 5.75. The monoisotopic (exact) mass is 217 g/mol. The van der Waals surface area contributed by atoms with E-state index in [1.165, 1.54) is 6.33 Å². The van der Waals surface area contributed by atoms with E-state index in [4.69, 9.17) is 5.73 Å². The molecule has 2 aromatic rings. The Kier molecular flexibility index (Phi) is 2.96. The Labute approximate surface area is 94.3 Å². The molecular weight excluding hydrogens is 202 g/mol. The number of rotatable bonds is 3. The second-order valence-corrected chi connectivity index (χ2v) is 4.01. The second-order valence-electron chi connectivity index (χ2n) is 4.01. The first-order valence-electron chi connectivity index (χ1n) is 5.23. The normalized spacial score (nSPS) is 12.7. The highest BCUT2D eigenvalue weighted by Gasteiger charge is 2.05. The second kappa shape index (κ2) is 4.40. The van der Waals surface area contributed by atoms with Crippen molar-refractivity contribution in [2.75, 3.05) is 0 Å². The summed E-state index contributed by atoms with van der Waals surface area (Å²) in [6, 6.07) is 2.24. The van der Waals surface area contributed by atoms with Crippen molar-refractivity contribution in [1.29, 1.82) is 0 Å². The summed E-state index contributed by atoms with van der Waals surface area (Å²) in [5.41, 5.74) is 7.97. The molecular formula is C11H15N5. The molecule has 0 radical (unpaired) electrons. The minimum atomic E-state index is 0.151. The molecule has 2 aromatic heterocycles. The molecule has 1 atom stereocenters. The van der Waals surface area contributed by atoms with E-state index in [-0.39, 0.29) is 6.04 Å². The Morgan fingerprint density at radius 2 is 2.31 bits per heavy atom. The van der Waals surface area contributed by atoms with Gasteiger partial charge in [0, 0.05) is 12.2 Å². The number of aryl methyl sites for hydroxylation is 1. The highest BCUT2D eigenvalue weighted by molar-refractivity contribution is 5.34. The van der Waals surface area contributed by atoms with Gasteiger partial charge in [0.2, 0.25) is 0 Å². The molecule has 5 nitrogen and oxygen atoms in total. The molecule has 0 aliphatic carbocycles. The van der Waals surface area contributed by atoms with Crippen LogP contribution in [-0.4, -0.2) is 25.8 Å². The molecule has 2 heterocycles. The van der Waals surface area contributed by atoms with Gasteiger partial charge in [-0.15, -0.1) is 0 Å². The van der Waals surface area contributed by atoms with Crippen molar-refractivity contribution in [3.63, 3.8) is 0 Å². The van der Waals surface area contributed by atoms with Crippen molar-refractivity contribution in [3.8, 4) is 5.82 Å². The van der Waals surface area contributed by atoms with E-state index in [9.17, 15) is 0 Å².